The van der Waals surface area contributed by atoms with Crippen molar-refractivity contribution in [2.24, 2.45) is 17.4 Å². The van der Waals surface area contributed by atoms with Crippen molar-refractivity contribution in [2.45, 2.75) is 63.7 Å². The highest BCUT2D eigenvalue weighted by Crippen LogP contribution is 2.20. The summed E-state index contributed by atoms with van der Waals surface area (Å²) in [6, 6.07) is 10.3. The number of carbonyl (C=O) groups is 5. The number of nitrogens with one attached hydrogen (secondary N) is 5. The highest BCUT2D eigenvalue weighted by Gasteiger charge is 2.32. The van der Waals surface area contributed by atoms with Gasteiger partial charge in [-0.15, -0.1) is 0 Å². The smallest absolute Gasteiger partial charge is 0.326 e. The van der Waals surface area contributed by atoms with Crippen LogP contribution in [0.25, 0.3) is 21.8 Å². The number of aromatic nitrogens is 2. The van der Waals surface area contributed by atoms with Gasteiger partial charge in [-0.3, -0.25) is 19.2 Å². The summed E-state index contributed by atoms with van der Waals surface area (Å²) in [5.74, 6) is -4.43. The van der Waals surface area contributed by atoms with Crippen LogP contribution in [-0.4, -0.2) is 68.8 Å². The molecule has 0 spiro atoms. The summed E-state index contributed by atoms with van der Waals surface area (Å²) in [5.41, 5.74) is 14.8. The third-order valence-corrected chi connectivity index (χ3v) is 7.72. The standard InChI is InChI=1S/C32H39N7O6/c1-17(2)28(31(43)38-26(32(44)45)14-19-16-36-24-10-6-4-8-21(19)24)39-30(42)25(11-12-27(34)40)37-29(41)22(33)13-18-15-35-23-9-5-3-7-20(18)23/h3-10,15-17,22,25-26,28,35-36H,11-14,33H2,1-2H3,(H2,34,40)(H,37,41)(H,38,43)(H,39,42)(H,44,45). The molecule has 10 N–H and O–H groups in total. The van der Waals surface area contributed by atoms with Gasteiger partial charge < -0.3 is 42.5 Å². The Morgan fingerprint density at radius 1 is 0.756 bits per heavy atom. The van der Waals surface area contributed by atoms with Crippen LogP contribution in [0.3, 0.4) is 0 Å². The summed E-state index contributed by atoms with van der Waals surface area (Å²) in [4.78, 5) is 69.8. The van der Waals surface area contributed by atoms with Crippen LogP contribution in [0.15, 0.2) is 60.9 Å². The van der Waals surface area contributed by atoms with Crippen LogP contribution in [0.5, 0.6) is 0 Å². The average molecular weight is 618 g/mol. The van der Waals surface area contributed by atoms with Crippen molar-refractivity contribution in [3.05, 3.63) is 72.1 Å². The van der Waals surface area contributed by atoms with E-state index in [0.29, 0.717) is 5.56 Å². The van der Waals surface area contributed by atoms with Gasteiger partial charge in [0.05, 0.1) is 6.04 Å². The number of amides is 4. The molecule has 45 heavy (non-hydrogen) atoms. The predicted molar refractivity (Wildman–Crippen MR) is 169 cm³/mol. The number of H-pyrrole nitrogens is 2. The number of aliphatic carboxylic acids is 1. The van der Waals surface area contributed by atoms with Crippen LogP contribution in [0.4, 0.5) is 0 Å². The van der Waals surface area contributed by atoms with Gasteiger partial charge in [-0.25, -0.2) is 4.79 Å². The fourth-order valence-electron chi connectivity index (χ4n) is 5.24. The summed E-state index contributed by atoms with van der Waals surface area (Å²) in [5, 5.41) is 19.4. The lowest BCUT2D eigenvalue weighted by molar-refractivity contribution is -0.142. The number of carboxylic acids is 1. The summed E-state index contributed by atoms with van der Waals surface area (Å²) in [6.45, 7) is 3.38. The molecule has 0 aliphatic heterocycles. The molecule has 0 fully saturated rings. The third-order valence-electron chi connectivity index (χ3n) is 7.72. The number of para-hydroxylation sites is 2. The number of nitrogens with two attached hydrogens (primary N) is 2. The molecule has 4 amide bonds. The van der Waals surface area contributed by atoms with E-state index in [1.807, 2.05) is 48.5 Å². The number of carboxylic acid groups (broad SMARTS) is 1. The number of hydrogen-bond acceptors (Lipinski definition) is 6. The molecule has 4 atom stereocenters. The van der Waals surface area contributed by atoms with E-state index >= 15 is 0 Å². The van der Waals surface area contributed by atoms with E-state index in [-0.39, 0.29) is 25.7 Å². The van der Waals surface area contributed by atoms with Gasteiger partial charge in [-0.2, -0.15) is 0 Å². The Balaban J connectivity index is 1.44. The summed E-state index contributed by atoms with van der Waals surface area (Å²) in [6.07, 6.45) is 3.32. The molecular formula is C32H39N7O6. The zero-order valence-electron chi connectivity index (χ0n) is 25.1. The molecule has 2 heterocycles. The van der Waals surface area contributed by atoms with E-state index in [0.717, 1.165) is 27.4 Å². The zero-order valence-corrected chi connectivity index (χ0v) is 25.1. The number of carbonyl (C=O) groups excluding carboxylic acids is 4. The van der Waals surface area contributed by atoms with E-state index in [1.54, 1.807) is 26.2 Å². The number of fused-ring (bicyclic) bond motifs is 2. The van der Waals surface area contributed by atoms with Crippen LogP contribution in [0, 0.1) is 5.92 Å². The summed E-state index contributed by atoms with van der Waals surface area (Å²) >= 11 is 0. The molecule has 0 bridgehead atoms. The third kappa shape index (κ3) is 8.26. The average Bonchev–Trinajstić information content (AvgIpc) is 3.61. The molecule has 13 nitrogen and oxygen atoms in total. The second-order valence-electron chi connectivity index (χ2n) is 11.4. The van der Waals surface area contributed by atoms with E-state index in [4.69, 9.17) is 11.5 Å². The number of hydrogen-bond donors (Lipinski definition) is 8. The predicted octanol–water partition coefficient (Wildman–Crippen LogP) is 1.22. The monoisotopic (exact) mass is 617 g/mol. The normalized spacial score (nSPS) is 14.0. The van der Waals surface area contributed by atoms with Crippen LogP contribution in [0.2, 0.25) is 0 Å². The topological polar surface area (TPSA) is 225 Å². The van der Waals surface area contributed by atoms with Gasteiger partial charge in [0, 0.05) is 47.0 Å². The fraction of sp³-hybridized carbons (Fsp3) is 0.344. The highest BCUT2D eigenvalue weighted by atomic mass is 16.4. The van der Waals surface area contributed by atoms with Crippen molar-refractivity contribution in [2.75, 3.05) is 0 Å². The first-order valence-electron chi connectivity index (χ1n) is 14.7. The molecule has 13 heteroatoms. The highest BCUT2D eigenvalue weighted by molar-refractivity contribution is 5.95. The molecule has 0 saturated carbocycles. The van der Waals surface area contributed by atoms with E-state index in [1.165, 1.54) is 0 Å². The largest absolute Gasteiger partial charge is 0.480 e. The van der Waals surface area contributed by atoms with Crippen LogP contribution >= 0.6 is 0 Å². The van der Waals surface area contributed by atoms with Crippen LogP contribution < -0.4 is 27.4 Å². The van der Waals surface area contributed by atoms with Crippen LogP contribution in [-0.2, 0) is 36.8 Å². The van der Waals surface area contributed by atoms with Crippen molar-refractivity contribution in [1.29, 1.82) is 0 Å². The minimum absolute atomic E-state index is 0.00938. The number of benzene rings is 2. The molecule has 0 aliphatic carbocycles. The number of rotatable bonds is 15. The van der Waals surface area contributed by atoms with E-state index < -0.39 is 59.7 Å². The van der Waals surface area contributed by atoms with Gasteiger partial charge in [0.15, 0.2) is 0 Å². The fourth-order valence-corrected chi connectivity index (χ4v) is 5.24. The maximum absolute atomic E-state index is 13.4. The minimum atomic E-state index is -1.28. The lowest BCUT2D eigenvalue weighted by atomic mass is 10.00. The van der Waals surface area contributed by atoms with Gasteiger partial charge in [0.1, 0.15) is 18.1 Å². The van der Waals surface area contributed by atoms with Gasteiger partial charge in [-0.1, -0.05) is 50.2 Å². The molecule has 2 aromatic carbocycles. The molecule has 4 rings (SSSR count). The van der Waals surface area contributed by atoms with Crippen molar-refractivity contribution >= 4 is 51.4 Å². The molecule has 0 radical (unpaired) electrons. The first kappa shape index (κ1) is 32.7. The summed E-state index contributed by atoms with van der Waals surface area (Å²) < 4.78 is 0. The van der Waals surface area contributed by atoms with Gasteiger partial charge in [0.25, 0.3) is 0 Å². The Hall–Kier alpha value is -5.17. The molecule has 0 saturated heterocycles. The number of aromatic amines is 2. The number of primary amides is 1. The maximum Gasteiger partial charge on any atom is 0.326 e. The summed E-state index contributed by atoms with van der Waals surface area (Å²) in [7, 11) is 0. The lowest BCUT2D eigenvalue weighted by Crippen LogP contribution is -2.58. The zero-order chi connectivity index (χ0) is 32.7. The SMILES string of the molecule is CC(C)C(NC(=O)C(CCC(N)=O)NC(=O)C(N)Cc1c[nH]c2ccccc12)C(=O)NC(Cc1c[nH]c2ccccc12)C(=O)O. The quantitative estimate of drug-likeness (QED) is 0.0972. The van der Waals surface area contributed by atoms with Crippen molar-refractivity contribution in [1.82, 2.24) is 25.9 Å². The first-order valence-corrected chi connectivity index (χ1v) is 14.7. The second-order valence-corrected chi connectivity index (χ2v) is 11.4. The van der Waals surface area contributed by atoms with Gasteiger partial charge >= 0.3 is 5.97 Å². The first-order chi connectivity index (χ1) is 21.4. The van der Waals surface area contributed by atoms with Crippen molar-refractivity contribution < 1.29 is 29.1 Å². The Bertz CT molecular complexity index is 1690. The Kier molecular flexibility index (Phi) is 10.6. The Morgan fingerprint density at radius 3 is 1.82 bits per heavy atom. The molecular weight excluding hydrogens is 578 g/mol. The van der Waals surface area contributed by atoms with Crippen molar-refractivity contribution in [3.63, 3.8) is 0 Å². The van der Waals surface area contributed by atoms with Gasteiger partial charge in [-0.05, 0) is 42.0 Å². The molecule has 2 aromatic heterocycles. The lowest BCUT2D eigenvalue weighted by Gasteiger charge is -2.27. The Labute approximate surface area is 259 Å². The molecule has 0 aliphatic rings. The van der Waals surface area contributed by atoms with E-state index in [9.17, 15) is 29.1 Å². The minimum Gasteiger partial charge on any atom is -0.480 e. The molecule has 4 aromatic rings. The Morgan fingerprint density at radius 2 is 1.29 bits per heavy atom. The molecule has 4 unspecified atom stereocenters. The van der Waals surface area contributed by atoms with E-state index in [2.05, 4.69) is 25.9 Å². The maximum atomic E-state index is 13.4. The van der Waals surface area contributed by atoms with Crippen LogP contribution in [0.1, 0.15) is 37.8 Å². The van der Waals surface area contributed by atoms with Crippen molar-refractivity contribution in [3.8, 4) is 0 Å². The van der Waals surface area contributed by atoms with Gasteiger partial charge in [0.2, 0.25) is 23.6 Å². The second kappa shape index (κ2) is 14.5. The molecule has 238 valence electrons.